The van der Waals surface area contributed by atoms with Gasteiger partial charge in [-0.1, -0.05) is 23.7 Å². The molecular formula is C17H26ClN3O2. The highest BCUT2D eigenvalue weighted by molar-refractivity contribution is 6.30. The van der Waals surface area contributed by atoms with Gasteiger partial charge in [0.2, 0.25) is 0 Å². The van der Waals surface area contributed by atoms with E-state index in [0.717, 1.165) is 23.1 Å². The van der Waals surface area contributed by atoms with Crippen molar-refractivity contribution in [1.29, 1.82) is 0 Å². The molecule has 6 heteroatoms. The van der Waals surface area contributed by atoms with Gasteiger partial charge in [-0.05, 0) is 24.6 Å². The van der Waals surface area contributed by atoms with Crippen molar-refractivity contribution in [3.8, 4) is 0 Å². The number of hydrogen-bond donors (Lipinski definition) is 2. The zero-order valence-electron chi connectivity index (χ0n) is 13.9. The van der Waals surface area contributed by atoms with Crippen LogP contribution in [0.2, 0.25) is 5.02 Å². The third-order valence-electron chi connectivity index (χ3n) is 3.95. The van der Waals surface area contributed by atoms with E-state index in [1.165, 1.54) is 0 Å². The summed E-state index contributed by atoms with van der Waals surface area (Å²) in [5.74, 6) is 0.785. The van der Waals surface area contributed by atoms with Gasteiger partial charge in [0.1, 0.15) is 0 Å². The van der Waals surface area contributed by atoms with E-state index in [2.05, 4.69) is 10.3 Å². The van der Waals surface area contributed by atoms with Crippen LogP contribution >= 0.6 is 11.6 Å². The van der Waals surface area contributed by atoms with Gasteiger partial charge >= 0.3 is 0 Å². The van der Waals surface area contributed by atoms with Crippen LogP contribution in [0.1, 0.15) is 25.3 Å². The molecule has 1 aromatic rings. The summed E-state index contributed by atoms with van der Waals surface area (Å²) in [5.41, 5.74) is 0.367. The molecule has 1 fully saturated rings. The van der Waals surface area contributed by atoms with Crippen LogP contribution in [-0.2, 0) is 11.3 Å². The molecule has 1 aromatic carbocycles. The Balaban J connectivity index is 2.02. The summed E-state index contributed by atoms with van der Waals surface area (Å²) in [6.07, 6.45) is 1.27. The van der Waals surface area contributed by atoms with Crippen molar-refractivity contribution >= 4 is 17.6 Å². The Kier molecular flexibility index (Phi) is 6.69. The largest absolute Gasteiger partial charge is 0.388 e. The molecule has 2 N–H and O–H groups in total. The first kappa shape index (κ1) is 18.0. The van der Waals surface area contributed by atoms with Crippen LogP contribution < -0.4 is 5.32 Å². The number of nitrogens with one attached hydrogen (secondary N) is 1. The topological polar surface area (TPSA) is 57.1 Å². The summed E-state index contributed by atoms with van der Waals surface area (Å²) >= 11 is 6.04. The van der Waals surface area contributed by atoms with Crippen molar-refractivity contribution in [2.24, 2.45) is 4.99 Å². The van der Waals surface area contributed by atoms with Crippen LogP contribution in [0.25, 0.3) is 0 Å². The first-order valence-corrected chi connectivity index (χ1v) is 8.44. The number of guanidine groups is 1. The molecule has 1 heterocycles. The molecule has 1 saturated heterocycles. The van der Waals surface area contributed by atoms with Crippen molar-refractivity contribution in [3.63, 3.8) is 0 Å². The first-order valence-electron chi connectivity index (χ1n) is 8.06. The molecule has 1 aliphatic heterocycles. The standard InChI is InChI=1S/C17H26ClN3O2/c1-3-19-16(20-13-17(22)7-9-23-10-8-17)21(2)12-14-5-4-6-15(18)11-14/h4-6,11,22H,3,7-10,12-13H2,1-2H3,(H,19,20). The number of ether oxygens (including phenoxy) is 1. The third-order valence-corrected chi connectivity index (χ3v) is 4.19. The third kappa shape index (κ3) is 5.68. The van der Waals surface area contributed by atoms with Crippen molar-refractivity contribution in [1.82, 2.24) is 10.2 Å². The van der Waals surface area contributed by atoms with E-state index in [1.807, 2.05) is 43.1 Å². The second kappa shape index (κ2) is 8.52. The average Bonchev–Trinajstić information content (AvgIpc) is 2.52. The summed E-state index contributed by atoms with van der Waals surface area (Å²) in [5, 5.41) is 14.6. The van der Waals surface area contributed by atoms with Crippen molar-refractivity contribution < 1.29 is 9.84 Å². The Hall–Kier alpha value is -1.30. The maximum absolute atomic E-state index is 10.5. The van der Waals surface area contributed by atoms with Crippen LogP contribution in [0, 0.1) is 0 Å². The van der Waals surface area contributed by atoms with Crippen molar-refractivity contribution in [2.75, 3.05) is 33.4 Å². The van der Waals surface area contributed by atoms with Gasteiger partial charge in [0.15, 0.2) is 5.96 Å². The summed E-state index contributed by atoms with van der Waals surface area (Å²) < 4.78 is 5.31. The number of aliphatic imine (C=N–C) groups is 1. The molecule has 5 nitrogen and oxygen atoms in total. The van der Waals surface area contributed by atoms with Crippen LogP contribution in [0.5, 0.6) is 0 Å². The van der Waals surface area contributed by atoms with Gasteiger partial charge in [-0.15, -0.1) is 0 Å². The SMILES string of the molecule is CCNC(=NCC1(O)CCOCC1)N(C)Cc1cccc(Cl)c1. The lowest BCUT2D eigenvalue weighted by Crippen LogP contribution is -2.43. The number of hydrogen-bond acceptors (Lipinski definition) is 3. The normalized spacial score (nSPS) is 17.8. The monoisotopic (exact) mass is 339 g/mol. The van der Waals surface area contributed by atoms with Gasteiger partial charge in [-0.3, -0.25) is 4.99 Å². The number of benzene rings is 1. The molecule has 0 radical (unpaired) electrons. The van der Waals surface area contributed by atoms with Gasteiger partial charge in [-0.25, -0.2) is 0 Å². The molecule has 0 spiro atoms. The molecule has 0 aromatic heterocycles. The molecule has 0 unspecified atom stereocenters. The number of aliphatic hydroxyl groups is 1. The van der Waals surface area contributed by atoms with E-state index < -0.39 is 5.60 Å². The smallest absolute Gasteiger partial charge is 0.194 e. The minimum Gasteiger partial charge on any atom is -0.388 e. The maximum Gasteiger partial charge on any atom is 0.194 e. The van der Waals surface area contributed by atoms with E-state index >= 15 is 0 Å². The Morgan fingerprint density at radius 3 is 2.83 bits per heavy atom. The lowest BCUT2D eigenvalue weighted by Gasteiger charge is -2.31. The number of nitrogens with zero attached hydrogens (tertiary/aromatic N) is 2. The van der Waals surface area contributed by atoms with E-state index in [4.69, 9.17) is 16.3 Å². The zero-order chi connectivity index (χ0) is 16.7. The molecule has 0 atom stereocenters. The second-order valence-electron chi connectivity index (χ2n) is 5.99. The van der Waals surface area contributed by atoms with Crippen molar-refractivity contribution in [3.05, 3.63) is 34.9 Å². The number of halogens is 1. The van der Waals surface area contributed by atoms with Gasteiger partial charge < -0.3 is 20.1 Å². The molecule has 2 rings (SSSR count). The Bertz CT molecular complexity index is 530. The summed E-state index contributed by atoms with van der Waals surface area (Å²) in [4.78, 5) is 6.66. The predicted molar refractivity (Wildman–Crippen MR) is 93.9 cm³/mol. The Morgan fingerprint density at radius 1 is 1.43 bits per heavy atom. The summed E-state index contributed by atoms with van der Waals surface area (Å²) in [6.45, 7) is 5.10. The average molecular weight is 340 g/mol. The second-order valence-corrected chi connectivity index (χ2v) is 6.43. The molecule has 0 aliphatic carbocycles. The molecule has 1 aliphatic rings. The molecule has 23 heavy (non-hydrogen) atoms. The van der Waals surface area contributed by atoms with Gasteiger partial charge in [-0.2, -0.15) is 0 Å². The van der Waals surface area contributed by atoms with E-state index in [1.54, 1.807) is 0 Å². The molecular weight excluding hydrogens is 314 g/mol. The lowest BCUT2D eigenvalue weighted by atomic mass is 9.95. The molecule has 0 saturated carbocycles. The van der Waals surface area contributed by atoms with Crippen LogP contribution in [0.15, 0.2) is 29.3 Å². The fourth-order valence-electron chi connectivity index (χ4n) is 2.59. The highest BCUT2D eigenvalue weighted by Crippen LogP contribution is 2.20. The highest BCUT2D eigenvalue weighted by Gasteiger charge is 2.29. The lowest BCUT2D eigenvalue weighted by molar-refractivity contribution is -0.0566. The van der Waals surface area contributed by atoms with Gasteiger partial charge in [0, 0.05) is 51.2 Å². The molecule has 128 valence electrons. The van der Waals surface area contributed by atoms with E-state index in [0.29, 0.717) is 39.1 Å². The zero-order valence-corrected chi connectivity index (χ0v) is 14.6. The van der Waals surface area contributed by atoms with E-state index in [-0.39, 0.29) is 0 Å². The van der Waals surface area contributed by atoms with Crippen LogP contribution in [-0.4, -0.2) is 54.9 Å². The van der Waals surface area contributed by atoms with Crippen molar-refractivity contribution in [2.45, 2.75) is 31.9 Å². The summed E-state index contributed by atoms with van der Waals surface area (Å²) in [6, 6.07) is 7.80. The Labute approximate surface area is 143 Å². The first-order chi connectivity index (χ1) is 11.0. The quantitative estimate of drug-likeness (QED) is 0.638. The summed E-state index contributed by atoms with van der Waals surface area (Å²) in [7, 11) is 1.98. The molecule has 0 amide bonds. The number of rotatable bonds is 5. The fraction of sp³-hybridized carbons (Fsp3) is 0.588. The highest BCUT2D eigenvalue weighted by atomic mass is 35.5. The fourth-order valence-corrected chi connectivity index (χ4v) is 2.80. The van der Waals surface area contributed by atoms with Gasteiger partial charge in [0.25, 0.3) is 0 Å². The van der Waals surface area contributed by atoms with Crippen LogP contribution in [0.4, 0.5) is 0 Å². The Morgan fingerprint density at radius 2 is 2.17 bits per heavy atom. The predicted octanol–water partition coefficient (Wildman–Crippen LogP) is 2.28. The van der Waals surface area contributed by atoms with E-state index in [9.17, 15) is 5.11 Å². The van der Waals surface area contributed by atoms with Gasteiger partial charge in [0.05, 0.1) is 12.1 Å². The minimum absolute atomic E-state index is 0.387. The maximum atomic E-state index is 10.5. The van der Waals surface area contributed by atoms with Crippen LogP contribution in [0.3, 0.4) is 0 Å². The minimum atomic E-state index is -0.754. The molecule has 0 bridgehead atoms.